The first kappa shape index (κ1) is 13.2. The molecule has 0 N–H and O–H groups in total. The third-order valence-corrected chi connectivity index (χ3v) is 3.79. The lowest BCUT2D eigenvalue weighted by molar-refractivity contribution is 0.266. The fourth-order valence-electron chi connectivity index (χ4n) is 1.31. The molecule has 0 aliphatic heterocycles. The van der Waals surface area contributed by atoms with Crippen LogP contribution in [0.5, 0.6) is 0 Å². The predicted octanol–water partition coefficient (Wildman–Crippen LogP) is 1.93. The lowest BCUT2D eigenvalue weighted by Crippen LogP contribution is -2.25. The summed E-state index contributed by atoms with van der Waals surface area (Å²) >= 11 is 0. The Morgan fingerprint density at radius 1 is 1.19 bits per heavy atom. The van der Waals surface area contributed by atoms with Crippen LogP contribution in [0.1, 0.15) is 19.4 Å². The molecule has 3 nitrogen and oxygen atoms in total. The van der Waals surface area contributed by atoms with Gasteiger partial charge < -0.3 is 0 Å². The van der Waals surface area contributed by atoms with Gasteiger partial charge in [-0.15, -0.1) is 0 Å². The van der Waals surface area contributed by atoms with Crippen LogP contribution in [0.15, 0.2) is 29.2 Å². The van der Waals surface area contributed by atoms with Crippen LogP contribution < -0.4 is 0 Å². The van der Waals surface area contributed by atoms with E-state index in [2.05, 4.69) is 25.8 Å². The fraction of sp³-hybridized carbons (Fsp3) is 0.500. The SMILES string of the molecule is CC(C)N(C)Cc1ccc(S(C)(=O)=O)cc1. The smallest absolute Gasteiger partial charge is 0.175 e. The first-order valence-electron chi connectivity index (χ1n) is 5.30. The monoisotopic (exact) mass is 241 g/mol. The molecule has 0 aromatic heterocycles. The van der Waals surface area contributed by atoms with Crippen LogP contribution in [0, 0.1) is 0 Å². The molecule has 90 valence electrons. The molecule has 1 aromatic rings. The summed E-state index contributed by atoms with van der Waals surface area (Å²) in [6.45, 7) is 5.09. The molecular weight excluding hydrogens is 222 g/mol. The van der Waals surface area contributed by atoms with E-state index in [4.69, 9.17) is 0 Å². The van der Waals surface area contributed by atoms with Gasteiger partial charge in [0.25, 0.3) is 0 Å². The third-order valence-electron chi connectivity index (χ3n) is 2.67. The predicted molar refractivity (Wildman–Crippen MR) is 66.2 cm³/mol. The summed E-state index contributed by atoms with van der Waals surface area (Å²) in [5.74, 6) is 0. The zero-order valence-corrected chi connectivity index (χ0v) is 11.1. The number of hydrogen-bond acceptors (Lipinski definition) is 3. The molecule has 0 aliphatic carbocycles. The molecule has 1 rings (SSSR count). The Morgan fingerprint density at radius 3 is 2.06 bits per heavy atom. The molecular formula is C12H19NO2S. The van der Waals surface area contributed by atoms with Gasteiger partial charge >= 0.3 is 0 Å². The minimum Gasteiger partial charge on any atom is -0.300 e. The van der Waals surface area contributed by atoms with Crippen molar-refractivity contribution < 1.29 is 8.42 Å². The van der Waals surface area contributed by atoms with Gasteiger partial charge in [-0.3, -0.25) is 4.90 Å². The number of hydrogen-bond donors (Lipinski definition) is 0. The summed E-state index contributed by atoms with van der Waals surface area (Å²) in [4.78, 5) is 2.58. The van der Waals surface area contributed by atoms with E-state index in [0.29, 0.717) is 10.9 Å². The van der Waals surface area contributed by atoms with Crippen molar-refractivity contribution in [3.8, 4) is 0 Å². The van der Waals surface area contributed by atoms with E-state index in [1.807, 2.05) is 12.1 Å². The normalized spacial score (nSPS) is 12.4. The Balaban J connectivity index is 2.80. The van der Waals surface area contributed by atoms with E-state index in [1.54, 1.807) is 12.1 Å². The quantitative estimate of drug-likeness (QED) is 0.808. The molecule has 16 heavy (non-hydrogen) atoms. The molecule has 4 heteroatoms. The number of sulfone groups is 1. The van der Waals surface area contributed by atoms with Crippen molar-refractivity contribution in [1.82, 2.24) is 4.90 Å². The number of nitrogens with zero attached hydrogens (tertiary/aromatic N) is 1. The van der Waals surface area contributed by atoms with Gasteiger partial charge in [-0.2, -0.15) is 0 Å². The molecule has 0 amide bonds. The van der Waals surface area contributed by atoms with Crippen molar-refractivity contribution in [2.45, 2.75) is 31.3 Å². The molecule has 0 atom stereocenters. The van der Waals surface area contributed by atoms with Gasteiger partial charge in [0.1, 0.15) is 0 Å². The summed E-state index contributed by atoms with van der Waals surface area (Å²) in [7, 11) is -1.03. The Kier molecular flexibility index (Phi) is 4.10. The minimum absolute atomic E-state index is 0.378. The van der Waals surface area contributed by atoms with Gasteiger partial charge in [0.15, 0.2) is 9.84 Å². The molecule has 0 spiro atoms. The number of benzene rings is 1. The standard InChI is InChI=1S/C12H19NO2S/c1-10(2)13(3)9-11-5-7-12(8-6-11)16(4,14)15/h5-8,10H,9H2,1-4H3. The largest absolute Gasteiger partial charge is 0.300 e. The third kappa shape index (κ3) is 3.61. The van der Waals surface area contributed by atoms with Gasteiger partial charge in [-0.25, -0.2) is 8.42 Å². The van der Waals surface area contributed by atoms with Crippen LogP contribution in [-0.4, -0.2) is 32.7 Å². The van der Waals surface area contributed by atoms with Crippen molar-refractivity contribution in [2.24, 2.45) is 0 Å². The maximum atomic E-state index is 11.3. The molecule has 0 bridgehead atoms. The Labute approximate surface area is 98.0 Å². The highest BCUT2D eigenvalue weighted by molar-refractivity contribution is 7.90. The highest BCUT2D eigenvalue weighted by atomic mass is 32.2. The zero-order chi connectivity index (χ0) is 12.3. The van der Waals surface area contributed by atoms with Gasteiger partial charge in [0.05, 0.1) is 4.90 Å². The van der Waals surface area contributed by atoms with Crippen LogP contribution >= 0.6 is 0 Å². The Morgan fingerprint density at radius 2 is 1.69 bits per heavy atom. The van der Waals surface area contributed by atoms with E-state index < -0.39 is 9.84 Å². The van der Waals surface area contributed by atoms with Gasteiger partial charge in [-0.1, -0.05) is 12.1 Å². The molecule has 0 heterocycles. The van der Waals surface area contributed by atoms with Crippen LogP contribution in [0.25, 0.3) is 0 Å². The lowest BCUT2D eigenvalue weighted by atomic mass is 10.2. The minimum atomic E-state index is -3.08. The molecule has 1 aromatic carbocycles. The van der Waals surface area contributed by atoms with E-state index in [-0.39, 0.29) is 0 Å². The van der Waals surface area contributed by atoms with E-state index in [0.717, 1.165) is 12.1 Å². The Bertz CT molecular complexity index is 435. The van der Waals surface area contributed by atoms with Crippen molar-refractivity contribution in [1.29, 1.82) is 0 Å². The summed E-state index contributed by atoms with van der Waals surface area (Å²) in [6.07, 6.45) is 1.22. The van der Waals surface area contributed by atoms with Crippen molar-refractivity contribution in [3.63, 3.8) is 0 Å². The fourth-order valence-corrected chi connectivity index (χ4v) is 1.94. The Hall–Kier alpha value is -0.870. The van der Waals surface area contributed by atoms with E-state index in [9.17, 15) is 8.42 Å². The summed E-state index contributed by atoms with van der Waals surface area (Å²) in [5, 5.41) is 0. The van der Waals surface area contributed by atoms with E-state index in [1.165, 1.54) is 6.26 Å². The average molecular weight is 241 g/mol. The first-order valence-corrected chi connectivity index (χ1v) is 7.19. The second-order valence-corrected chi connectivity index (χ2v) is 6.44. The average Bonchev–Trinajstić information content (AvgIpc) is 2.17. The van der Waals surface area contributed by atoms with Crippen LogP contribution in [0.4, 0.5) is 0 Å². The topological polar surface area (TPSA) is 37.4 Å². The van der Waals surface area contributed by atoms with Crippen LogP contribution in [-0.2, 0) is 16.4 Å². The molecule has 0 aliphatic rings. The van der Waals surface area contributed by atoms with E-state index >= 15 is 0 Å². The van der Waals surface area contributed by atoms with Gasteiger partial charge in [0.2, 0.25) is 0 Å². The molecule has 0 saturated carbocycles. The van der Waals surface area contributed by atoms with Crippen molar-refractivity contribution >= 4 is 9.84 Å². The molecule has 0 radical (unpaired) electrons. The maximum Gasteiger partial charge on any atom is 0.175 e. The van der Waals surface area contributed by atoms with Crippen LogP contribution in [0.3, 0.4) is 0 Å². The molecule has 0 saturated heterocycles. The lowest BCUT2D eigenvalue weighted by Gasteiger charge is -2.20. The summed E-state index contributed by atoms with van der Waals surface area (Å²) < 4.78 is 22.5. The first-order chi connectivity index (χ1) is 7.30. The summed E-state index contributed by atoms with van der Waals surface area (Å²) in [5.41, 5.74) is 1.13. The highest BCUT2D eigenvalue weighted by Gasteiger charge is 2.08. The second kappa shape index (κ2) is 4.97. The van der Waals surface area contributed by atoms with Gasteiger partial charge in [-0.05, 0) is 38.6 Å². The second-order valence-electron chi connectivity index (χ2n) is 4.42. The highest BCUT2D eigenvalue weighted by Crippen LogP contribution is 2.12. The zero-order valence-electron chi connectivity index (χ0n) is 10.3. The summed E-state index contributed by atoms with van der Waals surface area (Å²) in [6, 6.07) is 7.55. The maximum absolute atomic E-state index is 11.3. The molecule has 0 unspecified atom stereocenters. The van der Waals surface area contributed by atoms with Crippen LogP contribution in [0.2, 0.25) is 0 Å². The van der Waals surface area contributed by atoms with Gasteiger partial charge in [0, 0.05) is 18.8 Å². The van der Waals surface area contributed by atoms with Crippen molar-refractivity contribution in [2.75, 3.05) is 13.3 Å². The number of rotatable bonds is 4. The molecule has 0 fully saturated rings. The van der Waals surface area contributed by atoms with Crippen molar-refractivity contribution in [3.05, 3.63) is 29.8 Å².